The molecule has 0 radical (unpaired) electrons. The Kier molecular flexibility index (Phi) is 33.0. The van der Waals surface area contributed by atoms with E-state index in [9.17, 15) is 14.7 Å². The van der Waals surface area contributed by atoms with Crippen molar-refractivity contribution in [3.05, 3.63) is 12.2 Å². The van der Waals surface area contributed by atoms with Gasteiger partial charge < -0.3 is 14.6 Å². The zero-order chi connectivity index (χ0) is 30.8. The zero-order valence-corrected chi connectivity index (χ0v) is 28.0. The highest BCUT2D eigenvalue weighted by atomic mass is 16.6. The molecule has 1 N–H and O–H groups in total. The van der Waals surface area contributed by atoms with Gasteiger partial charge in [-0.25, -0.2) is 0 Å². The van der Waals surface area contributed by atoms with Gasteiger partial charge in [-0.2, -0.15) is 0 Å². The molecule has 42 heavy (non-hydrogen) atoms. The highest BCUT2D eigenvalue weighted by Crippen LogP contribution is 2.14. The fraction of sp³-hybridized carbons (Fsp3) is 0.892. The van der Waals surface area contributed by atoms with Crippen LogP contribution in [0.1, 0.15) is 194 Å². The molecule has 0 aliphatic carbocycles. The average molecular weight is 595 g/mol. The van der Waals surface area contributed by atoms with Gasteiger partial charge in [0, 0.05) is 12.8 Å². The second-order valence-electron chi connectivity index (χ2n) is 12.3. The third-order valence-corrected chi connectivity index (χ3v) is 8.06. The Labute approximate surface area is 261 Å². The maximum absolute atomic E-state index is 12.1. The molecule has 0 fully saturated rings. The van der Waals surface area contributed by atoms with E-state index >= 15 is 0 Å². The first-order chi connectivity index (χ1) is 20.6. The molecule has 0 aromatic rings. The minimum absolute atomic E-state index is 0.0636. The second-order valence-corrected chi connectivity index (χ2v) is 12.3. The molecule has 0 aromatic carbocycles. The highest BCUT2D eigenvalue weighted by Gasteiger charge is 2.16. The summed E-state index contributed by atoms with van der Waals surface area (Å²) in [6, 6.07) is 0. The van der Waals surface area contributed by atoms with Crippen molar-refractivity contribution in [3.8, 4) is 0 Å². The fourth-order valence-electron chi connectivity index (χ4n) is 5.25. The van der Waals surface area contributed by atoms with Crippen molar-refractivity contribution >= 4 is 11.9 Å². The third kappa shape index (κ3) is 31.6. The van der Waals surface area contributed by atoms with Crippen LogP contribution in [0.2, 0.25) is 0 Å². The standard InChI is InChI=1S/C37H70O5/c1-3-5-7-9-11-13-15-17-19-21-23-25-27-29-31-36(39)41-34-35(33-38)42-37(40)32-30-28-26-24-22-20-18-16-14-12-10-8-6-4-2/h16,18,35,38H,3-15,17,19-34H2,1-2H3/b18-16+/t35-/m0/s1. The predicted molar refractivity (Wildman–Crippen MR) is 178 cm³/mol. The van der Waals surface area contributed by atoms with Crippen molar-refractivity contribution in [2.45, 2.75) is 200 Å². The summed E-state index contributed by atoms with van der Waals surface area (Å²) in [4.78, 5) is 24.2. The largest absolute Gasteiger partial charge is 0.462 e. The van der Waals surface area contributed by atoms with Gasteiger partial charge in [-0.3, -0.25) is 9.59 Å². The molecule has 0 amide bonds. The molecule has 0 aromatic heterocycles. The minimum atomic E-state index is -0.767. The molecule has 0 heterocycles. The van der Waals surface area contributed by atoms with Gasteiger partial charge in [0.1, 0.15) is 6.61 Å². The lowest BCUT2D eigenvalue weighted by atomic mass is 10.0. The summed E-state index contributed by atoms with van der Waals surface area (Å²) in [5.41, 5.74) is 0. The van der Waals surface area contributed by atoms with Gasteiger partial charge in [-0.15, -0.1) is 0 Å². The summed E-state index contributed by atoms with van der Waals surface area (Å²) in [7, 11) is 0. The Bertz CT molecular complexity index is 603. The van der Waals surface area contributed by atoms with Crippen LogP contribution in [-0.4, -0.2) is 36.4 Å². The van der Waals surface area contributed by atoms with Crippen molar-refractivity contribution in [2.75, 3.05) is 13.2 Å². The van der Waals surface area contributed by atoms with Crippen molar-refractivity contribution < 1.29 is 24.2 Å². The molecule has 0 saturated carbocycles. The number of hydrogen-bond acceptors (Lipinski definition) is 5. The van der Waals surface area contributed by atoms with Crippen LogP contribution in [0.25, 0.3) is 0 Å². The molecule has 0 bridgehead atoms. The average Bonchev–Trinajstić information content (AvgIpc) is 2.99. The first-order valence-electron chi connectivity index (χ1n) is 18.2. The van der Waals surface area contributed by atoms with Crippen LogP contribution in [0.4, 0.5) is 0 Å². The van der Waals surface area contributed by atoms with Crippen LogP contribution in [-0.2, 0) is 19.1 Å². The van der Waals surface area contributed by atoms with Gasteiger partial charge in [0.15, 0.2) is 6.10 Å². The molecule has 0 aliphatic rings. The maximum atomic E-state index is 12.1. The molecule has 0 aliphatic heterocycles. The topological polar surface area (TPSA) is 72.8 Å². The number of unbranched alkanes of at least 4 members (excludes halogenated alkanes) is 23. The van der Waals surface area contributed by atoms with Crippen LogP contribution in [0.5, 0.6) is 0 Å². The Morgan fingerprint density at radius 1 is 0.524 bits per heavy atom. The molecule has 1 atom stereocenters. The lowest BCUT2D eigenvalue weighted by Gasteiger charge is -2.15. The number of allylic oxidation sites excluding steroid dienone is 2. The van der Waals surface area contributed by atoms with Crippen LogP contribution >= 0.6 is 0 Å². The monoisotopic (exact) mass is 595 g/mol. The minimum Gasteiger partial charge on any atom is -0.462 e. The summed E-state index contributed by atoms with van der Waals surface area (Å²) in [5.74, 6) is -0.593. The normalized spacial score (nSPS) is 12.2. The Morgan fingerprint density at radius 2 is 0.881 bits per heavy atom. The fourth-order valence-corrected chi connectivity index (χ4v) is 5.25. The molecular weight excluding hydrogens is 524 g/mol. The van der Waals surface area contributed by atoms with E-state index in [-0.39, 0.29) is 25.2 Å². The van der Waals surface area contributed by atoms with E-state index < -0.39 is 6.10 Å². The van der Waals surface area contributed by atoms with Crippen molar-refractivity contribution in [1.29, 1.82) is 0 Å². The van der Waals surface area contributed by atoms with Gasteiger partial charge in [-0.1, -0.05) is 154 Å². The Morgan fingerprint density at radius 3 is 1.29 bits per heavy atom. The van der Waals surface area contributed by atoms with Crippen LogP contribution in [0.3, 0.4) is 0 Å². The van der Waals surface area contributed by atoms with Gasteiger partial charge >= 0.3 is 11.9 Å². The van der Waals surface area contributed by atoms with Crippen LogP contribution in [0, 0.1) is 0 Å². The molecule has 0 unspecified atom stereocenters. The van der Waals surface area contributed by atoms with Gasteiger partial charge in [0.05, 0.1) is 6.61 Å². The number of carbonyl (C=O) groups is 2. The van der Waals surface area contributed by atoms with E-state index in [0.29, 0.717) is 12.8 Å². The lowest BCUT2D eigenvalue weighted by molar-refractivity contribution is -0.161. The molecule has 0 spiro atoms. The van der Waals surface area contributed by atoms with Crippen molar-refractivity contribution in [1.82, 2.24) is 0 Å². The van der Waals surface area contributed by atoms with E-state index in [1.807, 2.05) is 0 Å². The number of carbonyl (C=O) groups excluding carboxylic acids is 2. The quantitative estimate of drug-likeness (QED) is 0.0465. The van der Waals surface area contributed by atoms with Gasteiger partial charge in [0.2, 0.25) is 0 Å². The van der Waals surface area contributed by atoms with E-state index in [2.05, 4.69) is 26.0 Å². The van der Waals surface area contributed by atoms with E-state index in [1.54, 1.807) is 0 Å². The molecular formula is C37H70O5. The van der Waals surface area contributed by atoms with Crippen molar-refractivity contribution in [2.24, 2.45) is 0 Å². The summed E-state index contributed by atoms with van der Waals surface area (Å²) in [6.07, 6.45) is 36.9. The third-order valence-electron chi connectivity index (χ3n) is 8.06. The predicted octanol–water partition coefficient (Wildman–Crippen LogP) is 11.0. The number of aliphatic hydroxyl groups is 1. The number of esters is 2. The number of rotatable bonds is 33. The second kappa shape index (κ2) is 34.1. The van der Waals surface area contributed by atoms with E-state index in [4.69, 9.17) is 9.47 Å². The van der Waals surface area contributed by atoms with E-state index in [0.717, 1.165) is 44.9 Å². The first kappa shape index (κ1) is 40.6. The van der Waals surface area contributed by atoms with Gasteiger partial charge in [0.25, 0.3) is 0 Å². The smallest absolute Gasteiger partial charge is 0.306 e. The lowest BCUT2D eigenvalue weighted by Crippen LogP contribution is -2.28. The van der Waals surface area contributed by atoms with Crippen LogP contribution in [0.15, 0.2) is 12.2 Å². The van der Waals surface area contributed by atoms with E-state index in [1.165, 1.54) is 122 Å². The Hall–Kier alpha value is -1.36. The Balaban J connectivity index is 3.55. The number of ether oxygens (including phenoxy) is 2. The summed E-state index contributed by atoms with van der Waals surface area (Å²) < 4.78 is 10.6. The molecule has 0 saturated heterocycles. The maximum Gasteiger partial charge on any atom is 0.306 e. The SMILES string of the molecule is CCCCCCC/C=C/CCCCCCCC(=O)O[C@@H](CO)COC(=O)CCCCCCCCCCCCCCCC. The number of aliphatic hydroxyl groups excluding tert-OH is 1. The van der Waals surface area contributed by atoms with Crippen LogP contribution < -0.4 is 0 Å². The summed E-state index contributed by atoms with van der Waals surface area (Å²) >= 11 is 0. The van der Waals surface area contributed by atoms with Crippen molar-refractivity contribution in [3.63, 3.8) is 0 Å². The highest BCUT2D eigenvalue weighted by molar-refractivity contribution is 5.70. The molecule has 5 heteroatoms. The first-order valence-corrected chi connectivity index (χ1v) is 18.2. The number of hydrogen-bond donors (Lipinski definition) is 1. The summed E-state index contributed by atoms with van der Waals surface area (Å²) in [5, 5.41) is 9.52. The summed E-state index contributed by atoms with van der Waals surface area (Å²) in [6.45, 7) is 4.12. The molecule has 5 nitrogen and oxygen atoms in total. The molecule has 248 valence electrons. The zero-order valence-electron chi connectivity index (χ0n) is 28.0. The van der Waals surface area contributed by atoms with Gasteiger partial charge in [-0.05, 0) is 38.5 Å². The molecule has 0 rings (SSSR count).